The number of carbonyl (C=O) groups is 3. The second-order valence-corrected chi connectivity index (χ2v) is 7.50. The van der Waals surface area contributed by atoms with Gasteiger partial charge in [0, 0.05) is 23.6 Å². The zero-order chi connectivity index (χ0) is 24.6. The first-order valence-corrected chi connectivity index (χ1v) is 10.8. The molecule has 0 aromatic heterocycles. The molecule has 1 saturated heterocycles. The second-order valence-electron chi connectivity index (χ2n) is 7.50. The first-order chi connectivity index (χ1) is 17.0. The summed E-state index contributed by atoms with van der Waals surface area (Å²) in [5.74, 6) is -0.124. The predicted octanol–water partition coefficient (Wildman–Crippen LogP) is 3.70. The molecule has 1 aliphatic rings. The first-order valence-electron chi connectivity index (χ1n) is 10.8. The molecule has 0 spiro atoms. The lowest BCUT2D eigenvalue weighted by Gasteiger charge is -2.27. The Morgan fingerprint density at radius 3 is 2.23 bits per heavy atom. The fraction of sp³-hybridized carbons (Fsp3) is 0.120. The third-order valence-electron chi connectivity index (χ3n) is 5.12. The van der Waals surface area contributed by atoms with Crippen LogP contribution in [0.4, 0.5) is 32.3 Å². The van der Waals surface area contributed by atoms with Gasteiger partial charge in [0.25, 0.3) is 5.91 Å². The van der Waals surface area contributed by atoms with E-state index in [9.17, 15) is 14.4 Å². The molecule has 0 saturated carbocycles. The molecule has 0 atom stereocenters. The van der Waals surface area contributed by atoms with E-state index in [1.165, 1.54) is 0 Å². The molecule has 3 aromatic rings. The third kappa shape index (κ3) is 5.93. The number of hydrogen-bond acceptors (Lipinski definition) is 5. The lowest BCUT2D eigenvalue weighted by Crippen LogP contribution is -2.50. The van der Waals surface area contributed by atoms with Crippen molar-refractivity contribution in [3.63, 3.8) is 0 Å². The van der Waals surface area contributed by atoms with E-state index in [0.29, 0.717) is 41.5 Å². The highest BCUT2D eigenvalue weighted by atomic mass is 16.5. The van der Waals surface area contributed by atoms with Gasteiger partial charge in [-0.3, -0.25) is 4.79 Å². The lowest BCUT2D eigenvalue weighted by molar-refractivity contribution is -0.125. The summed E-state index contributed by atoms with van der Waals surface area (Å²) in [6.07, 6.45) is 0. The number of rotatable bonds is 4. The Morgan fingerprint density at radius 1 is 0.914 bits per heavy atom. The number of nitrogens with zero attached hydrogens (tertiary/aromatic N) is 3. The number of morpholine rings is 1. The molecule has 0 radical (unpaired) electrons. The fourth-order valence-electron chi connectivity index (χ4n) is 3.39. The largest absolute Gasteiger partial charge is 0.370 e. The van der Waals surface area contributed by atoms with E-state index < -0.39 is 12.1 Å². The Kier molecular flexibility index (Phi) is 7.20. The van der Waals surface area contributed by atoms with Crippen LogP contribution in [-0.4, -0.2) is 37.7 Å². The Hall–Kier alpha value is -4.88. The quantitative estimate of drug-likeness (QED) is 0.501. The van der Waals surface area contributed by atoms with E-state index in [4.69, 9.17) is 10.00 Å². The molecule has 10 heteroatoms. The summed E-state index contributed by atoms with van der Waals surface area (Å²) in [7, 11) is 0. The maximum Gasteiger partial charge on any atom is 0.345 e. The number of carbonyl (C=O) groups excluding carboxylic acids is 3. The summed E-state index contributed by atoms with van der Waals surface area (Å²) in [6, 6.07) is 22.5. The van der Waals surface area contributed by atoms with Gasteiger partial charge in [-0.05, 0) is 60.7 Å². The lowest BCUT2D eigenvalue weighted by atomic mass is 10.2. The van der Waals surface area contributed by atoms with Crippen LogP contribution < -0.4 is 26.0 Å². The Labute approximate surface area is 201 Å². The smallest absolute Gasteiger partial charge is 0.345 e. The van der Waals surface area contributed by atoms with Gasteiger partial charge in [-0.25, -0.2) is 20.0 Å². The molecule has 176 valence electrons. The highest BCUT2D eigenvalue weighted by molar-refractivity contribution is 6.04. The van der Waals surface area contributed by atoms with Crippen LogP contribution in [0.25, 0.3) is 0 Å². The number of para-hydroxylation sites is 1. The van der Waals surface area contributed by atoms with Crippen LogP contribution in [-0.2, 0) is 9.53 Å². The monoisotopic (exact) mass is 470 g/mol. The van der Waals surface area contributed by atoms with E-state index in [1.54, 1.807) is 83.8 Å². The van der Waals surface area contributed by atoms with E-state index in [2.05, 4.69) is 16.1 Å². The van der Waals surface area contributed by atoms with Crippen molar-refractivity contribution in [3.8, 4) is 6.07 Å². The van der Waals surface area contributed by atoms with Crippen LogP contribution in [0.15, 0.2) is 78.9 Å². The van der Waals surface area contributed by atoms with E-state index in [1.807, 2.05) is 6.07 Å². The summed E-state index contributed by atoms with van der Waals surface area (Å²) >= 11 is 0. The molecule has 0 bridgehead atoms. The van der Waals surface area contributed by atoms with Crippen LogP contribution in [0.2, 0.25) is 0 Å². The summed E-state index contributed by atoms with van der Waals surface area (Å²) < 4.78 is 5.15. The van der Waals surface area contributed by atoms with Gasteiger partial charge in [-0.1, -0.05) is 18.2 Å². The van der Waals surface area contributed by atoms with Gasteiger partial charge in [-0.15, -0.1) is 0 Å². The molecule has 0 unspecified atom stereocenters. The minimum absolute atomic E-state index is 0.0424. The molecule has 0 aliphatic carbocycles. The van der Waals surface area contributed by atoms with Gasteiger partial charge in [-0.2, -0.15) is 5.26 Å². The van der Waals surface area contributed by atoms with Crippen LogP contribution in [0.5, 0.6) is 0 Å². The molecule has 1 fully saturated rings. The minimum atomic E-state index is -0.644. The molecule has 35 heavy (non-hydrogen) atoms. The molecule has 3 N–H and O–H groups in total. The molecular formula is C25H22N6O4. The summed E-state index contributed by atoms with van der Waals surface area (Å²) in [6.45, 7) is 0.970. The molecule has 4 rings (SSSR count). The zero-order valence-electron chi connectivity index (χ0n) is 18.6. The SMILES string of the molecule is N#Cc1ccc(NC(=O)NN(C(=O)Nc2ccc(N3CCOCC3=O)cc2)c2ccccc2)cc1. The second kappa shape index (κ2) is 10.8. The fourth-order valence-corrected chi connectivity index (χ4v) is 3.39. The van der Waals surface area contributed by atoms with E-state index >= 15 is 0 Å². The van der Waals surface area contributed by atoms with Gasteiger partial charge < -0.3 is 20.3 Å². The number of urea groups is 2. The highest BCUT2D eigenvalue weighted by Crippen LogP contribution is 2.21. The van der Waals surface area contributed by atoms with Crippen molar-refractivity contribution in [2.45, 2.75) is 0 Å². The highest BCUT2D eigenvalue weighted by Gasteiger charge is 2.21. The molecule has 3 aromatic carbocycles. The number of ether oxygens (including phenoxy) is 1. The summed E-state index contributed by atoms with van der Waals surface area (Å²) in [5.41, 5.74) is 5.09. The molecule has 1 aliphatic heterocycles. The molecular weight excluding hydrogens is 448 g/mol. The minimum Gasteiger partial charge on any atom is -0.370 e. The Balaban J connectivity index is 1.45. The molecule has 5 amide bonds. The van der Waals surface area contributed by atoms with Crippen molar-refractivity contribution < 1.29 is 19.1 Å². The number of anilines is 4. The van der Waals surface area contributed by atoms with Crippen LogP contribution in [0, 0.1) is 11.3 Å². The number of nitriles is 1. The number of amides is 5. The summed E-state index contributed by atoms with van der Waals surface area (Å²) in [5, 5.41) is 15.4. The maximum atomic E-state index is 13.1. The number of hydrazine groups is 1. The standard InChI is InChI=1S/C25H22N6O4/c26-16-18-6-8-19(9-7-18)27-24(33)29-31(22-4-2-1-3-5-22)25(34)28-20-10-12-21(13-11-20)30-14-15-35-17-23(30)32/h1-13H,14-15,17H2,(H,28,34)(H2,27,29,33). The third-order valence-corrected chi connectivity index (χ3v) is 5.12. The number of benzene rings is 3. The van der Waals surface area contributed by atoms with Crippen LogP contribution >= 0.6 is 0 Å². The summed E-state index contributed by atoms with van der Waals surface area (Å²) in [4.78, 5) is 39.3. The van der Waals surface area contributed by atoms with Gasteiger partial charge in [0.05, 0.1) is 23.9 Å². The maximum absolute atomic E-state index is 13.1. The van der Waals surface area contributed by atoms with E-state index in [0.717, 1.165) is 5.01 Å². The topological polar surface area (TPSA) is 127 Å². The van der Waals surface area contributed by atoms with Crippen LogP contribution in [0.3, 0.4) is 0 Å². The van der Waals surface area contributed by atoms with Gasteiger partial charge >= 0.3 is 12.1 Å². The van der Waals surface area contributed by atoms with Crippen molar-refractivity contribution in [2.24, 2.45) is 0 Å². The first kappa shape index (κ1) is 23.3. The van der Waals surface area contributed by atoms with E-state index in [-0.39, 0.29) is 12.5 Å². The average Bonchev–Trinajstić information content (AvgIpc) is 2.89. The van der Waals surface area contributed by atoms with Gasteiger partial charge in [0.1, 0.15) is 6.61 Å². The van der Waals surface area contributed by atoms with Crippen LogP contribution in [0.1, 0.15) is 5.56 Å². The Morgan fingerprint density at radius 2 is 1.57 bits per heavy atom. The van der Waals surface area contributed by atoms with Crippen molar-refractivity contribution in [2.75, 3.05) is 40.3 Å². The Bertz CT molecular complexity index is 1240. The zero-order valence-corrected chi connectivity index (χ0v) is 18.6. The normalized spacial score (nSPS) is 12.9. The molecule has 1 heterocycles. The van der Waals surface area contributed by atoms with Crippen molar-refractivity contribution in [1.29, 1.82) is 5.26 Å². The number of nitrogens with one attached hydrogen (secondary N) is 3. The van der Waals surface area contributed by atoms with Crippen molar-refractivity contribution in [3.05, 3.63) is 84.4 Å². The van der Waals surface area contributed by atoms with Gasteiger partial charge in [0.2, 0.25) is 0 Å². The van der Waals surface area contributed by atoms with Gasteiger partial charge in [0.15, 0.2) is 0 Å². The predicted molar refractivity (Wildman–Crippen MR) is 131 cm³/mol. The van der Waals surface area contributed by atoms with Crippen molar-refractivity contribution in [1.82, 2.24) is 5.43 Å². The molecule has 10 nitrogen and oxygen atoms in total. The number of hydrogen-bond donors (Lipinski definition) is 3. The van der Waals surface area contributed by atoms with Crippen molar-refractivity contribution >= 4 is 40.7 Å². The average molecular weight is 470 g/mol.